The standard InChI is InChI=1S/C35H42Cl2N6O5S/c1-40-18-20-42(21-19-40)35(25-39-34(45)31-7-4-5-15-38-31)13-16-41(17-14-35)33(44)24-48-23-27-10-9-26-6-2-3-8-32(26)43(27)49(46,47)28-11-12-29(36)30(37)22-28/h2-8,11-12,15,22,27H,9-10,13-14,16-21,23-25H2,1H3,(H,39,45). The van der Waals surface area contributed by atoms with Crippen molar-refractivity contribution in [1.82, 2.24) is 25.0 Å². The number of fused-ring (bicyclic) bond motifs is 1. The minimum absolute atomic E-state index is 0.0352. The molecule has 0 bridgehead atoms. The summed E-state index contributed by atoms with van der Waals surface area (Å²) in [4.78, 5) is 37.2. The lowest BCUT2D eigenvalue weighted by atomic mass is 9.84. The number of nitrogens with zero attached hydrogens (tertiary/aromatic N) is 5. The Morgan fingerprint density at radius 2 is 1.69 bits per heavy atom. The van der Waals surface area contributed by atoms with Gasteiger partial charge < -0.3 is 19.9 Å². The van der Waals surface area contributed by atoms with Crippen LogP contribution in [0.3, 0.4) is 0 Å². The predicted molar refractivity (Wildman–Crippen MR) is 190 cm³/mol. The number of amides is 2. The first-order chi connectivity index (χ1) is 23.6. The average Bonchev–Trinajstić information content (AvgIpc) is 3.12. The van der Waals surface area contributed by atoms with Gasteiger partial charge in [-0.25, -0.2) is 8.42 Å². The number of piperidine rings is 1. The number of sulfonamides is 1. The van der Waals surface area contributed by atoms with Gasteiger partial charge in [-0.3, -0.25) is 23.8 Å². The Kier molecular flexibility index (Phi) is 11.1. The molecule has 1 N–H and O–H groups in total. The molecule has 11 nitrogen and oxygen atoms in total. The molecule has 1 atom stereocenters. The summed E-state index contributed by atoms with van der Waals surface area (Å²) in [6.45, 7) is 5.09. The molecule has 262 valence electrons. The van der Waals surface area contributed by atoms with E-state index in [1.807, 2.05) is 23.1 Å². The van der Waals surface area contributed by atoms with E-state index in [9.17, 15) is 18.0 Å². The highest BCUT2D eigenvalue weighted by Crippen LogP contribution is 2.37. The Morgan fingerprint density at radius 3 is 2.41 bits per heavy atom. The minimum atomic E-state index is -4.02. The number of likely N-dealkylation sites (tertiary alicyclic amines) is 1. The van der Waals surface area contributed by atoms with E-state index >= 15 is 0 Å². The van der Waals surface area contributed by atoms with Crippen LogP contribution in [-0.4, -0.2) is 118 Å². The molecule has 0 aliphatic carbocycles. The number of para-hydroxylation sites is 1. The number of likely N-dealkylation sites (N-methyl/N-ethyl adjacent to an activating group) is 1. The van der Waals surface area contributed by atoms with E-state index in [2.05, 4.69) is 27.1 Å². The number of aryl methyl sites for hydroxylation is 1. The van der Waals surface area contributed by atoms with E-state index in [0.717, 1.165) is 31.7 Å². The molecule has 0 spiro atoms. The highest BCUT2D eigenvalue weighted by molar-refractivity contribution is 7.92. The van der Waals surface area contributed by atoms with Gasteiger partial charge in [0.25, 0.3) is 15.9 Å². The van der Waals surface area contributed by atoms with E-state index < -0.39 is 16.1 Å². The molecule has 1 aromatic heterocycles. The van der Waals surface area contributed by atoms with E-state index in [0.29, 0.717) is 56.7 Å². The van der Waals surface area contributed by atoms with Crippen molar-refractivity contribution >= 4 is 50.7 Å². The summed E-state index contributed by atoms with van der Waals surface area (Å²) < 4.78 is 35.4. The number of piperazine rings is 1. The second-order valence-electron chi connectivity index (χ2n) is 13.0. The zero-order valence-electron chi connectivity index (χ0n) is 27.6. The SMILES string of the molecule is CN1CCN(C2(CNC(=O)c3ccccn3)CCN(C(=O)COCC3CCc4ccccc4N3S(=O)(=O)c3ccc(Cl)c(Cl)c3)CC2)CC1. The van der Waals surface area contributed by atoms with Gasteiger partial charge in [0.15, 0.2) is 0 Å². The van der Waals surface area contributed by atoms with Crippen LogP contribution in [0.25, 0.3) is 0 Å². The lowest BCUT2D eigenvalue weighted by molar-refractivity contribution is -0.139. The largest absolute Gasteiger partial charge is 0.369 e. The second kappa shape index (κ2) is 15.3. The third-order valence-corrected chi connectivity index (χ3v) is 12.6. The Bertz CT molecular complexity index is 1750. The smallest absolute Gasteiger partial charge is 0.269 e. The Hall–Kier alpha value is -3.26. The molecule has 3 aliphatic heterocycles. The summed E-state index contributed by atoms with van der Waals surface area (Å²) in [5.41, 5.74) is 1.61. The van der Waals surface area contributed by atoms with Crippen molar-refractivity contribution in [1.29, 1.82) is 0 Å². The highest BCUT2D eigenvalue weighted by Gasteiger charge is 2.42. The molecule has 3 aliphatic rings. The summed E-state index contributed by atoms with van der Waals surface area (Å²) in [6, 6.07) is 16.5. The molecule has 2 amide bonds. The first kappa shape index (κ1) is 35.6. The molecule has 4 heterocycles. The van der Waals surface area contributed by atoms with Gasteiger partial charge in [-0.15, -0.1) is 0 Å². The van der Waals surface area contributed by atoms with Gasteiger partial charge in [0.05, 0.1) is 33.3 Å². The van der Waals surface area contributed by atoms with Gasteiger partial charge in [0, 0.05) is 57.5 Å². The number of nitrogens with one attached hydrogen (secondary N) is 1. The van der Waals surface area contributed by atoms with Crippen molar-refractivity contribution in [3.63, 3.8) is 0 Å². The van der Waals surface area contributed by atoms with Crippen LogP contribution in [0.15, 0.2) is 71.8 Å². The maximum Gasteiger partial charge on any atom is 0.269 e. The third kappa shape index (κ3) is 7.90. The van der Waals surface area contributed by atoms with Crippen LogP contribution in [0.5, 0.6) is 0 Å². The fourth-order valence-electron chi connectivity index (χ4n) is 7.06. The summed E-state index contributed by atoms with van der Waals surface area (Å²) in [7, 11) is -1.91. The topological polar surface area (TPSA) is 115 Å². The minimum Gasteiger partial charge on any atom is -0.369 e. The first-order valence-corrected chi connectivity index (χ1v) is 18.8. The van der Waals surface area contributed by atoms with Crippen LogP contribution in [0, 0.1) is 0 Å². The summed E-state index contributed by atoms with van der Waals surface area (Å²) in [5.74, 6) is -0.346. The third-order valence-electron chi connectivity index (χ3n) is 9.99. The fraction of sp³-hybridized carbons (Fsp3) is 0.457. The van der Waals surface area contributed by atoms with Crippen molar-refractivity contribution in [2.24, 2.45) is 0 Å². The number of hydrogen-bond acceptors (Lipinski definition) is 8. The number of aromatic nitrogens is 1. The maximum atomic E-state index is 14.0. The van der Waals surface area contributed by atoms with Crippen LogP contribution in [0.1, 0.15) is 35.3 Å². The number of benzene rings is 2. The van der Waals surface area contributed by atoms with Crippen LogP contribution in [-0.2, 0) is 26.0 Å². The molecule has 2 saturated heterocycles. The van der Waals surface area contributed by atoms with Gasteiger partial charge in [-0.1, -0.05) is 47.5 Å². The number of carbonyl (C=O) groups is 2. The molecule has 14 heteroatoms. The molecule has 0 radical (unpaired) electrons. The normalized spacial score (nSPS) is 20.1. The van der Waals surface area contributed by atoms with Crippen molar-refractivity contribution in [2.75, 3.05) is 70.4 Å². The van der Waals surface area contributed by atoms with Gasteiger partial charge in [0.2, 0.25) is 5.91 Å². The zero-order valence-corrected chi connectivity index (χ0v) is 29.9. The van der Waals surface area contributed by atoms with E-state index in [-0.39, 0.29) is 45.5 Å². The van der Waals surface area contributed by atoms with Crippen molar-refractivity contribution in [2.45, 2.75) is 42.2 Å². The van der Waals surface area contributed by atoms with E-state index in [1.165, 1.54) is 22.5 Å². The Balaban J connectivity index is 1.09. The fourth-order valence-corrected chi connectivity index (χ4v) is 9.16. The molecular weight excluding hydrogens is 687 g/mol. The lowest BCUT2D eigenvalue weighted by Crippen LogP contribution is -2.64. The van der Waals surface area contributed by atoms with Gasteiger partial charge in [0.1, 0.15) is 12.3 Å². The average molecular weight is 730 g/mol. The Labute approximate surface area is 298 Å². The molecule has 2 fully saturated rings. The van der Waals surface area contributed by atoms with Crippen molar-refractivity contribution < 1.29 is 22.7 Å². The van der Waals surface area contributed by atoms with E-state index in [4.69, 9.17) is 27.9 Å². The maximum absolute atomic E-state index is 14.0. The number of anilines is 1. The van der Waals surface area contributed by atoms with Crippen molar-refractivity contribution in [3.05, 3.63) is 88.2 Å². The van der Waals surface area contributed by atoms with Crippen LogP contribution >= 0.6 is 23.2 Å². The molecule has 1 unspecified atom stereocenters. The van der Waals surface area contributed by atoms with Crippen LogP contribution in [0.4, 0.5) is 5.69 Å². The highest BCUT2D eigenvalue weighted by atomic mass is 35.5. The molecule has 6 rings (SSSR count). The number of halogens is 2. The van der Waals surface area contributed by atoms with Crippen LogP contribution in [0.2, 0.25) is 10.0 Å². The summed E-state index contributed by atoms with van der Waals surface area (Å²) in [6.07, 6.45) is 4.24. The molecule has 2 aromatic carbocycles. The summed E-state index contributed by atoms with van der Waals surface area (Å²) in [5, 5.41) is 3.54. The number of pyridine rings is 1. The number of rotatable bonds is 10. The second-order valence-corrected chi connectivity index (χ2v) is 15.6. The Morgan fingerprint density at radius 1 is 0.959 bits per heavy atom. The molecule has 49 heavy (non-hydrogen) atoms. The lowest BCUT2D eigenvalue weighted by Gasteiger charge is -2.51. The monoisotopic (exact) mass is 728 g/mol. The van der Waals surface area contributed by atoms with Crippen LogP contribution < -0.4 is 9.62 Å². The van der Waals surface area contributed by atoms with E-state index in [1.54, 1.807) is 30.5 Å². The number of ether oxygens (including phenoxy) is 1. The number of hydrogen-bond donors (Lipinski definition) is 1. The number of carbonyl (C=O) groups excluding carboxylic acids is 2. The summed E-state index contributed by atoms with van der Waals surface area (Å²) >= 11 is 12.3. The molecule has 3 aromatic rings. The van der Waals surface area contributed by atoms with Crippen molar-refractivity contribution in [3.8, 4) is 0 Å². The molecule has 0 saturated carbocycles. The zero-order chi connectivity index (χ0) is 34.6. The van der Waals surface area contributed by atoms with Gasteiger partial charge in [-0.05, 0) is 74.7 Å². The predicted octanol–water partition coefficient (Wildman–Crippen LogP) is 3.95. The first-order valence-electron chi connectivity index (χ1n) is 16.6. The molecular formula is C35H42Cl2N6O5S. The van der Waals surface area contributed by atoms with Gasteiger partial charge >= 0.3 is 0 Å². The van der Waals surface area contributed by atoms with Gasteiger partial charge in [-0.2, -0.15) is 0 Å². The quantitative estimate of drug-likeness (QED) is 0.334.